The Morgan fingerprint density at radius 2 is 1.77 bits per heavy atom. The van der Waals surface area contributed by atoms with Crippen LogP contribution in [0.1, 0.15) is 58.2 Å². The Hall–Kier alpha value is -1.72. The van der Waals surface area contributed by atoms with E-state index in [1.165, 1.54) is 18.8 Å². The summed E-state index contributed by atoms with van der Waals surface area (Å²) < 4.78 is 27.6. The van der Waals surface area contributed by atoms with Crippen molar-refractivity contribution in [1.29, 1.82) is 0 Å². The van der Waals surface area contributed by atoms with Gasteiger partial charge in [-0.3, -0.25) is 13.9 Å². The van der Waals surface area contributed by atoms with E-state index < -0.39 is 15.6 Å². The number of hydrogen-bond donors (Lipinski definition) is 1. The molecule has 0 saturated heterocycles. The number of aromatic nitrogens is 4. The largest absolute Gasteiger partial charge is 0.332 e. The number of rotatable bonds is 13. The second-order valence-corrected chi connectivity index (χ2v) is 10.5. The zero-order chi connectivity index (χ0) is 23.0. The smallest absolute Gasteiger partial charge is 0.277 e. The van der Waals surface area contributed by atoms with Crippen LogP contribution in [-0.4, -0.2) is 46.1 Å². The average Bonchev–Trinajstić information content (AvgIpc) is 2.71. The molecule has 0 radical (unpaired) electrons. The van der Waals surface area contributed by atoms with Crippen molar-refractivity contribution in [1.82, 2.24) is 23.8 Å². The molecule has 174 valence electrons. The number of nitrogens with zero attached hydrogens (tertiary/aromatic N) is 4. The minimum absolute atomic E-state index is 0.317. The normalized spacial score (nSPS) is 12.0. The van der Waals surface area contributed by atoms with E-state index in [0.29, 0.717) is 53.6 Å². The highest BCUT2D eigenvalue weighted by molar-refractivity contribution is 7.99. The third kappa shape index (κ3) is 7.15. The minimum Gasteiger partial charge on any atom is -0.277 e. The van der Waals surface area contributed by atoms with E-state index in [2.05, 4.69) is 21.6 Å². The van der Waals surface area contributed by atoms with Crippen molar-refractivity contribution in [2.75, 3.05) is 18.6 Å². The number of thioether (sulfide) groups is 1. The van der Waals surface area contributed by atoms with Crippen molar-refractivity contribution < 1.29 is 8.42 Å². The lowest BCUT2D eigenvalue weighted by Crippen LogP contribution is -2.39. The molecule has 0 bridgehead atoms. The number of fused-ring (bicyclic) bond motifs is 1. The van der Waals surface area contributed by atoms with Crippen molar-refractivity contribution in [3.63, 3.8) is 0 Å². The Morgan fingerprint density at radius 3 is 2.42 bits per heavy atom. The summed E-state index contributed by atoms with van der Waals surface area (Å²) in [5.41, 5.74) is -0.378. The van der Waals surface area contributed by atoms with E-state index in [1.807, 2.05) is 6.92 Å². The van der Waals surface area contributed by atoms with Crippen LogP contribution in [0.25, 0.3) is 11.0 Å². The lowest BCUT2D eigenvalue weighted by molar-refractivity contribution is 0.587. The van der Waals surface area contributed by atoms with E-state index in [0.717, 1.165) is 42.9 Å². The summed E-state index contributed by atoms with van der Waals surface area (Å²) in [6, 6.07) is 0. The molecule has 0 aliphatic heterocycles. The predicted molar refractivity (Wildman–Crippen MR) is 125 cm³/mol. The molecule has 1 N–H and O–H groups in total. The Bertz CT molecular complexity index is 1110. The molecule has 11 heteroatoms. The summed E-state index contributed by atoms with van der Waals surface area (Å²) in [6.07, 6.45) is 7.44. The summed E-state index contributed by atoms with van der Waals surface area (Å²) >= 11 is 1.40. The van der Waals surface area contributed by atoms with E-state index in [9.17, 15) is 18.0 Å². The summed E-state index contributed by atoms with van der Waals surface area (Å²) in [6.45, 7) is 4.91. The van der Waals surface area contributed by atoms with Gasteiger partial charge in [0.1, 0.15) is 16.2 Å². The van der Waals surface area contributed by atoms with Crippen LogP contribution < -0.4 is 16.0 Å². The van der Waals surface area contributed by atoms with E-state index in [4.69, 9.17) is 0 Å². The fourth-order valence-corrected chi connectivity index (χ4v) is 4.72. The molecule has 0 amide bonds. The quantitative estimate of drug-likeness (QED) is 0.270. The minimum atomic E-state index is -3.23. The first-order valence-electron chi connectivity index (χ1n) is 10.8. The van der Waals surface area contributed by atoms with Crippen LogP contribution in [-0.2, 0) is 30.0 Å². The molecule has 2 rings (SSSR count). The van der Waals surface area contributed by atoms with Gasteiger partial charge in [-0.25, -0.2) is 27.9 Å². The van der Waals surface area contributed by atoms with Crippen LogP contribution in [0.4, 0.5) is 0 Å². The molecule has 0 aliphatic rings. The molecule has 2 heterocycles. The van der Waals surface area contributed by atoms with Crippen molar-refractivity contribution in [3.05, 3.63) is 26.7 Å². The molecule has 9 nitrogen and oxygen atoms in total. The van der Waals surface area contributed by atoms with Gasteiger partial charge in [-0.05, 0) is 19.3 Å². The van der Waals surface area contributed by atoms with Crippen LogP contribution >= 0.6 is 11.8 Å². The van der Waals surface area contributed by atoms with Gasteiger partial charge in [0.05, 0.1) is 6.26 Å². The van der Waals surface area contributed by atoms with Crippen LogP contribution in [0.2, 0.25) is 0 Å². The number of hydrogen-bond acceptors (Lipinski definition) is 7. The van der Waals surface area contributed by atoms with Gasteiger partial charge in [0.15, 0.2) is 5.65 Å². The molecule has 0 aromatic carbocycles. The Balaban J connectivity index is 2.43. The van der Waals surface area contributed by atoms with Gasteiger partial charge in [-0.1, -0.05) is 33.1 Å². The summed E-state index contributed by atoms with van der Waals surface area (Å²) in [7, 11) is -1.76. The SMILES string of the molecule is CCCCCCc1nc(SCCCNS(C)(=O)=O)c2c(=O)n(C)c(=O)n(CCC)c2n1. The molecule has 2 aromatic rings. The average molecular weight is 472 g/mol. The van der Waals surface area contributed by atoms with Crippen molar-refractivity contribution in [3.8, 4) is 0 Å². The Morgan fingerprint density at radius 1 is 1.03 bits per heavy atom. The van der Waals surface area contributed by atoms with Crippen molar-refractivity contribution >= 4 is 32.8 Å². The highest BCUT2D eigenvalue weighted by Crippen LogP contribution is 2.23. The van der Waals surface area contributed by atoms with Crippen LogP contribution in [0, 0.1) is 0 Å². The third-order valence-electron chi connectivity index (χ3n) is 4.82. The molecule has 0 unspecified atom stereocenters. The highest BCUT2D eigenvalue weighted by atomic mass is 32.2. The first-order valence-corrected chi connectivity index (χ1v) is 13.6. The molecular weight excluding hydrogens is 438 g/mol. The monoisotopic (exact) mass is 471 g/mol. The molecule has 2 aromatic heterocycles. The standard InChI is InChI=1S/C20H33N5O4S2/c1-5-7-8-9-11-15-22-17-16(19(26)24(3)20(27)25(17)13-6-2)18(23-15)30-14-10-12-21-31(4,28)29/h21H,5-14H2,1-4H3. The second kappa shape index (κ2) is 11.8. The zero-order valence-corrected chi connectivity index (χ0v) is 20.4. The maximum absolute atomic E-state index is 12.9. The zero-order valence-electron chi connectivity index (χ0n) is 18.8. The van der Waals surface area contributed by atoms with Gasteiger partial charge in [-0.2, -0.15) is 0 Å². The predicted octanol–water partition coefficient (Wildman–Crippen LogP) is 2.05. The van der Waals surface area contributed by atoms with Gasteiger partial charge in [0.2, 0.25) is 10.0 Å². The fourth-order valence-electron chi connectivity index (χ4n) is 3.23. The topological polar surface area (TPSA) is 116 Å². The molecule has 0 atom stereocenters. The Labute approximate surface area is 187 Å². The molecular formula is C20H33N5O4S2. The van der Waals surface area contributed by atoms with E-state index in [1.54, 1.807) is 4.57 Å². The van der Waals surface area contributed by atoms with Gasteiger partial charge in [0, 0.05) is 32.3 Å². The van der Waals surface area contributed by atoms with Gasteiger partial charge in [-0.15, -0.1) is 11.8 Å². The van der Waals surface area contributed by atoms with Gasteiger partial charge < -0.3 is 0 Å². The highest BCUT2D eigenvalue weighted by Gasteiger charge is 2.18. The van der Waals surface area contributed by atoms with Crippen LogP contribution in [0.3, 0.4) is 0 Å². The number of unbranched alkanes of at least 4 members (excludes halogenated alkanes) is 3. The van der Waals surface area contributed by atoms with E-state index in [-0.39, 0.29) is 5.69 Å². The lowest BCUT2D eigenvalue weighted by atomic mass is 10.1. The summed E-state index contributed by atoms with van der Waals surface area (Å²) in [5.74, 6) is 1.22. The Kier molecular flexibility index (Phi) is 9.70. The maximum atomic E-state index is 12.9. The number of sulfonamides is 1. The van der Waals surface area contributed by atoms with Gasteiger partial charge >= 0.3 is 5.69 Å². The number of aryl methyl sites for hydroxylation is 2. The lowest BCUT2D eigenvalue weighted by Gasteiger charge is -2.14. The second-order valence-electron chi connectivity index (χ2n) is 7.62. The molecule has 0 aliphatic carbocycles. The van der Waals surface area contributed by atoms with Crippen LogP contribution in [0.5, 0.6) is 0 Å². The van der Waals surface area contributed by atoms with Crippen LogP contribution in [0.15, 0.2) is 14.6 Å². The third-order valence-corrected chi connectivity index (χ3v) is 6.61. The van der Waals surface area contributed by atoms with Crippen molar-refractivity contribution in [2.45, 2.75) is 70.4 Å². The van der Waals surface area contributed by atoms with Crippen molar-refractivity contribution in [2.24, 2.45) is 7.05 Å². The first kappa shape index (κ1) is 25.5. The maximum Gasteiger partial charge on any atom is 0.332 e. The number of nitrogens with one attached hydrogen (secondary N) is 1. The first-order chi connectivity index (χ1) is 14.7. The summed E-state index contributed by atoms with van der Waals surface area (Å²) in [5, 5.41) is 0.911. The summed E-state index contributed by atoms with van der Waals surface area (Å²) in [4.78, 5) is 34.9. The molecule has 0 saturated carbocycles. The van der Waals surface area contributed by atoms with E-state index >= 15 is 0 Å². The molecule has 31 heavy (non-hydrogen) atoms. The fraction of sp³-hybridized carbons (Fsp3) is 0.700. The van der Waals surface area contributed by atoms with Gasteiger partial charge in [0.25, 0.3) is 5.56 Å². The molecule has 0 spiro atoms. The molecule has 0 fully saturated rings.